The molecule has 0 unspecified atom stereocenters. The van der Waals surface area contributed by atoms with Crippen LogP contribution >= 0.6 is 0 Å². The number of hydrogen-bond acceptors (Lipinski definition) is 3. The number of para-hydroxylation sites is 1. The molecule has 0 spiro atoms. The molecule has 2 heterocycles. The fourth-order valence-electron chi connectivity index (χ4n) is 3.94. The Morgan fingerprint density at radius 3 is 2.28 bits per heavy atom. The highest BCUT2D eigenvalue weighted by atomic mass is 19.1. The molecule has 2 amide bonds. The Morgan fingerprint density at radius 2 is 1.52 bits per heavy atom. The molecule has 1 saturated heterocycles. The van der Waals surface area contributed by atoms with E-state index in [1.807, 2.05) is 24.3 Å². The number of carbonyl (C=O) groups is 2. The Balaban J connectivity index is 1.34. The summed E-state index contributed by atoms with van der Waals surface area (Å²) in [6.07, 6.45) is 4.67. The summed E-state index contributed by atoms with van der Waals surface area (Å²) in [6, 6.07) is 14.3. The molecule has 2 aliphatic heterocycles. The van der Waals surface area contributed by atoms with Crippen LogP contribution in [0, 0.1) is 5.82 Å². The quantitative estimate of drug-likeness (QED) is 0.753. The van der Waals surface area contributed by atoms with Gasteiger partial charge < -0.3 is 14.7 Å². The topological polar surface area (TPSA) is 43.9 Å². The van der Waals surface area contributed by atoms with E-state index in [1.54, 1.807) is 21.9 Å². The van der Waals surface area contributed by atoms with Crippen molar-refractivity contribution in [3.63, 3.8) is 0 Å². The maximum Gasteiger partial charge on any atom is 0.251 e. The van der Waals surface area contributed by atoms with Crippen LogP contribution < -0.4 is 9.80 Å². The van der Waals surface area contributed by atoms with E-state index in [0.29, 0.717) is 32.7 Å². The number of hydrogen-bond donors (Lipinski definition) is 0. The van der Waals surface area contributed by atoms with Gasteiger partial charge in [0, 0.05) is 56.3 Å². The SMILES string of the molecule is O=C(/C=C/C(=O)N1CCCc2ccccc21)N1CCN(c2ccc(F)cc2)CC1. The van der Waals surface area contributed by atoms with Gasteiger partial charge in [0.05, 0.1) is 0 Å². The Morgan fingerprint density at radius 1 is 0.828 bits per heavy atom. The molecule has 0 aliphatic carbocycles. The van der Waals surface area contributed by atoms with Gasteiger partial charge in [-0.2, -0.15) is 0 Å². The van der Waals surface area contributed by atoms with Gasteiger partial charge in [-0.1, -0.05) is 18.2 Å². The molecule has 2 aromatic carbocycles. The first-order valence-corrected chi connectivity index (χ1v) is 9.99. The Kier molecular flexibility index (Phi) is 5.60. The third-order valence-corrected chi connectivity index (χ3v) is 5.53. The highest BCUT2D eigenvalue weighted by Gasteiger charge is 2.22. The second kappa shape index (κ2) is 8.47. The molecule has 1 fully saturated rings. The number of amides is 2. The standard InChI is InChI=1S/C23H24FN3O2/c24-19-7-9-20(10-8-19)25-14-16-26(17-15-25)22(28)11-12-23(29)27-13-3-5-18-4-1-2-6-21(18)27/h1-2,4,6-12H,3,5,13-17H2/b12-11+. The monoisotopic (exact) mass is 393 g/mol. The highest BCUT2D eigenvalue weighted by Crippen LogP contribution is 2.26. The van der Waals surface area contributed by atoms with Gasteiger partial charge >= 0.3 is 0 Å². The van der Waals surface area contributed by atoms with E-state index in [1.165, 1.54) is 29.8 Å². The Bertz CT molecular complexity index is 918. The average molecular weight is 393 g/mol. The van der Waals surface area contributed by atoms with Crippen LogP contribution in [0.2, 0.25) is 0 Å². The Labute approximate surface area is 170 Å². The lowest BCUT2D eigenvalue weighted by Crippen LogP contribution is -2.48. The molecule has 4 rings (SSSR count). The van der Waals surface area contributed by atoms with Crippen LogP contribution in [0.15, 0.2) is 60.7 Å². The summed E-state index contributed by atoms with van der Waals surface area (Å²) in [5.74, 6) is -0.563. The molecule has 5 nitrogen and oxygen atoms in total. The lowest BCUT2D eigenvalue weighted by Gasteiger charge is -2.35. The van der Waals surface area contributed by atoms with E-state index >= 15 is 0 Å². The minimum absolute atomic E-state index is 0.151. The fraction of sp³-hybridized carbons (Fsp3) is 0.304. The van der Waals surface area contributed by atoms with E-state index in [0.717, 1.165) is 24.2 Å². The molecular weight excluding hydrogens is 369 g/mol. The van der Waals surface area contributed by atoms with Crippen molar-refractivity contribution in [1.29, 1.82) is 0 Å². The van der Waals surface area contributed by atoms with Gasteiger partial charge in [0.1, 0.15) is 5.82 Å². The normalized spacial score (nSPS) is 16.8. The van der Waals surface area contributed by atoms with Crippen LogP contribution in [0.4, 0.5) is 15.8 Å². The average Bonchev–Trinajstić information content (AvgIpc) is 2.77. The summed E-state index contributed by atoms with van der Waals surface area (Å²) in [5, 5.41) is 0. The first-order chi connectivity index (χ1) is 14.1. The van der Waals surface area contributed by atoms with E-state index in [4.69, 9.17) is 0 Å². The third kappa shape index (κ3) is 4.31. The summed E-state index contributed by atoms with van der Waals surface area (Å²) >= 11 is 0. The van der Waals surface area contributed by atoms with Crippen molar-refractivity contribution in [3.8, 4) is 0 Å². The van der Waals surface area contributed by atoms with Gasteiger partial charge in [-0.3, -0.25) is 9.59 Å². The first kappa shape index (κ1) is 19.2. The van der Waals surface area contributed by atoms with Crippen LogP contribution in [0.5, 0.6) is 0 Å². The summed E-state index contributed by atoms with van der Waals surface area (Å²) in [5.41, 5.74) is 3.06. The number of piperazine rings is 1. The van der Waals surface area contributed by atoms with Crippen molar-refractivity contribution in [1.82, 2.24) is 4.90 Å². The van der Waals surface area contributed by atoms with Gasteiger partial charge in [-0.25, -0.2) is 4.39 Å². The van der Waals surface area contributed by atoms with E-state index in [2.05, 4.69) is 4.90 Å². The molecule has 29 heavy (non-hydrogen) atoms. The Hall–Kier alpha value is -3.15. The first-order valence-electron chi connectivity index (χ1n) is 9.99. The van der Waals surface area contributed by atoms with Crippen LogP contribution in [0.1, 0.15) is 12.0 Å². The van der Waals surface area contributed by atoms with Crippen molar-refractivity contribution < 1.29 is 14.0 Å². The number of aryl methyl sites for hydroxylation is 1. The molecule has 0 saturated carbocycles. The maximum absolute atomic E-state index is 13.1. The number of anilines is 2. The van der Waals surface area contributed by atoms with Crippen molar-refractivity contribution in [2.24, 2.45) is 0 Å². The predicted molar refractivity (Wildman–Crippen MR) is 111 cm³/mol. The lowest BCUT2D eigenvalue weighted by atomic mass is 10.0. The van der Waals surface area contributed by atoms with Crippen molar-refractivity contribution in [3.05, 3.63) is 72.1 Å². The van der Waals surface area contributed by atoms with E-state index in [9.17, 15) is 14.0 Å². The number of benzene rings is 2. The number of nitrogens with zero attached hydrogens (tertiary/aromatic N) is 3. The number of fused-ring (bicyclic) bond motifs is 1. The summed E-state index contributed by atoms with van der Waals surface area (Å²) in [7, 11) is 0. The minimum Gasteiger partial charge on any atom is -0.368 e. The zero-order valence-electron chi connectivity index (χ0n) is 16.3. The van der Waals surface area contributed by atoms with E-state index in [-0.39, 0.29) is 17.6 Å². The number of carbonyl (C=O) groups excluding carboxylic acids is 2. The molecule has 0 N–H and O–H groups in total. The smallest absolute Gasteiger partial charge is 0.251 e. The van der Waals surface area contributed by atoms with Crippen LogP contribution in [-0.2, 0) is 16.0 Å². The zero-order valence-corrected chi connectivity index (χ0v) is 16.3. The number of rotatable bonds is 3. The fourth-order valence-corrected chi connectivity index (χ4v) is 3.94. The van der Waals surface area contributed by atoms with Gasteiger partial charge in [0.15, 0.2) is 0 Å². The molecule has 0 radical (unpaired) electrons. The molecule has 6 heteroatoms. The second-order valence-corrected chi connectivity index (χ2v) is 7.34. The predicted octanol–water partition coefficient (Wildman–Crippen LogP) is 3.01. The molecular formula is C23H24FN3O2. The van der Waals surface area contributed by atoms with E-state index < -0.39 is 0 Å². The number of halogens is 1. The van der Waals surface area contributed by atoms with Crippen molar-refractivity contribution >= 4 is 23.2 Å². The van der Waals surface area contributed by atoms with Crippen LogP contribution in [0.3, 0.4) is 0 Å². The zero-order chi connectivity index (χ0) is 20.2. The summed E-state index contributed by atoms with van der Waals surface area (Å²) in [4.78, 5) is 30.8. The van der Waals surface area contributed by atoms with Crippen molar-refractivity contribution in [2.45, 2.75) is 12.8 Å². The largest absolute Gasteiger partial charge is 0.368 e. The highest BCUT2D eigenvalue weighted by molar-refractivity contribution is 6.05. The minimum atomic E-state index is -0.256. The summed E-state index contributed by atoms with van der Waals surface area (Å²) in [6.45, 7) is 3.17. The van der Waals surface area contributed by atoms with Crippen molar-refractivity contribution in [2.75, 3.05) is 42.5 Å². The second-order valence-electron chi connectivity index (χ2n) is 7.34. The van der Waals surface area contributed by atoms with Gasteiger partial charge in [-0.15, -0.1) is 0 Å². The molecule has 2 aliphatic rings. The third-order valence-electron chi connectivity index (χ3n) is 5.53. The molecule has 0 bridgehead atoms. The molecule has 0 atom stereocenters. The molecule has 2 aromatic rings. The molecule has 0 aromatic heterocycles. The summed E-state index contributed by atoms with van der Waals surface area (Å²) < 4.78 is 13.1. The van der Waals surface area contributed by atoms with Crippen LogP contribution in [-0.4, -0.2) is 49.4 Å². The maximum atomic E-state index is 13.1. The van der Waals surface area contributed by atoms with Gasteiger partial charge in [0.25, 0.3) is 5.91 Å². The molecule has 150 valence electrons. The van der Waals surface area contributed by atoms with Crippen LogP contribution in [0.25, 0.3) is 0 Å². The van der Waals surface area contributed by atoms with Gasteiger partial charge in [0.2, 0.25) is 5.91 Å². The van der Waals surface area contributed by atoms with Gasteiger partial charge in [-0.05, 0) is 48.7 Å². The lowest BCUT2D eigenvalue weighted by molar-refractivity contribution is -0.126.